The molecule has 0 fully saturated rings. The number of hydrogen-bond acceptors (Lipinski definition) is 3. The molecule has 304 valence electrons. The van der Waals surface area contributed by atoms with E-state index in [-0.39, 0.29) is 6.10 Å². The van der Waals surface area contributed by atoms with Crippen molar-refractivity contribution < 1.29 is 9.47 Å². The Hall–Kier alpha value is -0.640. The smallest absolute Gasteiger partial charge is 0.0932 e. The molecule has 0 aliphatic heterocycles. The Balaban J connectivity index is 3.90. The van der Waals surface area contributed by atoms with Crippen LogP contribution >= 0.6 is 0 Å². The number of allylic oxidation sites excluding steroid dienone is 4. The van der Waals surface area contributed by atoms with Crippen molar-refractivity contribution in [2.45, 2.75) is 252 Å². The maximum Gasteiger partial charge on any atom is 0.0932 e. The van der Waals surface area contributed by atoms with Gasteiger partial charge in [0, 0.05) is 19.8 Å². The zero-order valence-corrected chi connectivity index (χ0v) is 35.5. The van der Waals surface area contributed by atoms with Crippen LogP contribution in [-0.2, 0) is 9.47 Å². The predicted octanol–water partition coefficient (Wildman–Crippen LogP) is 15.8. The van der Waals surface area contributed by atoms with E-state index in [1.165, 1.54) is 225 Å². The number of unbranched alkanes of at least 4 members (excludes halogenated alkanes) is 30. The van der Waals surface area contributed by atoms with Gasteiger partial charge in [-0.2, -0.15) is 0 Å². The number of rotatable bonds is 45. The van der Waals surface area contributed by atoms with Crippen molar-refractivity contribution in [3.05, 3.63) is 24.3 Å². The molecular weight excluding hydrogens is 623 g/mol. The Bertz CT molecular complexity index is 662. The van der Waals surface area contributed by atoms with Gasteiger partial charge < -0.3 is 14.8 Å². The molecule has 0 rings (SSSR count). The molecule has 0 aliphatic carbocycles. The van der Waals surface area contributed by atoms with Crippen LogP contribution in [0.3, 0.4) is 0 Å². The molecule has 1 atom stereocenters. The summed E-state index contributed by atoms with van der Waals surface area (Å²) in [6.45, 7) is 11.4. The van der Waals surface area contributed by atoms with Gasteiger partial charge in [0.2, 0.25) is 0 Å². The summed E-state index contributed by atoms with van der Waals surface area (Å²) in [5, 5.41) is 3.69. The van der Waals surface area contributed by atoms with Crippen molar-refractivity contribution in [3.63, 3.8) is 0 Å². The molecule has 0 bridgehead atoms. The van der Waals surface area contributed by atoms with Gasteiger partial charge in [-0.1, -0.05) is 199 Å². The van der Waals surface area contributed by atoms with Gasteiger partial charge in [0.1, 0.15) is 0 Å². The fourth-order valence-corrected chi connectivity index (χ4v) is 6.90. The van der Waals surface area contributed by atoms with E-state index in [4.69, 9.17) is 9.47 Å². The van der Waals surface area contributed by atoms with Crippen LogP contribution < -0.4 is 5.32 Å². The number of hydrogen-bond donors (Lipinski definition) is 1. The van der Waals surface area contributed by atoms with Gasteiger partial charge >= 0.3 is 0 Å². The van der Waals surface area contributed by atoms with E-state index < -0.39 is 0 Å². The third-order valence-electron chi connectivity index (χ3n) is 10.4. The second-order valence-corrected chi connectivity index (χ2v) is 15.8. The second-order valence-electron chi connectivity index (χ2n) is 15.8. The average Bonchev–Trinajstić information content (AvgIpc) is 3.14. The lowest BCUT2D eigenvalue weighted by Crippen LogP contribution is -2.34. The van der Waals surface area contributed by atoms with Crippen molar-refractivity contribution >= 4 is 0 Å². The summed E-state index contributed by atoms with van der Waals surface area (Å²) in [7, 11) is 0. The molecule has 0 spiro atoms. The van der Waals surface area contributed by atoms with Gasteiger partial charge in [0.05, 0.1) is 12.7 Å². The van der Waals surface area contributed by atoms with Gasteiger partial charge in [0.25, 0.3) is 0 Å². The first-order valence-electron chi connectivity index (χ1n) is 23.5. The highest BCUT2D eigenvalue weighted by Gasteiger charge is 2.09. The molecule has 0 aromatic rings. The summed E-state index contributed by atoms with van der Waals surface area (Å²) < 4.78 is 12.5. The first kappa shape index (κ1) is 50.4. The molecule has 3 nitrogen and oxygen atoms in total. The summed E-state index contributed by atoms with van der Waals surface area (Å²) in [6.07, 6.45) is 57.2. The number of ether oxygens (including phenoxy) is 2. The third kappa shape index (κ3) is 45.4. The molecule has 0 saturated carbocycles. The highest BCUT2D eigenvalue weighted by molar-refractivity contribution is 4.82. The zero-order chi connectivity index (χ0) is 36.8. The summed E-state index contributed by atoms with van der Waals surface area (Å²) in [5.41, 5.74) is 0. The van der Waals surface area contributed by atoms with E-state index in [0.29, 0.717) is 0 Å². The summed E-state index contributed by atoms with van der Waals surface area (Å²) >= 11 is 0. The van der Waals surface area contributed by atoms with Crippen molar-refractivity contribution in [2.75, 3.05) is 32.9 Å². The van der Waals surface area contributed by atoms with Crippen molar-refractivity contribution in [1.29, 1.82) is 0 Å². The normalized spacial score (nSPS) is 12.6. The lowest BCUT2D eigenvalue weighted by Gasteiger charge is -2.19. The summed E-state index contributed by atoms with van der Waals surface area (Å²) in [6, 6.07) is 0. The standard InChI is InChI=1S/C48H95NO2/c1-4-7-10-13-16-18-20-22-24-26-28-30-32-35-38-41-44-50-47-48(46-49-43-40-37-34-15-12-9-6-3)51-45-42-39-36-33-31-29-27-25-23-21-19-17-14-11-8-5-2/h22-25,48-49H,4-21,26-47H2,1-3H3/b24-22-,25-23-. The minimum Gasteiger partial charge on any atom is -0.379 e. The van der Waals surface area contributed by atoms with Crippen molar-refractivity contribution in [1.82, 2.24) is 5.32 Å². The van der Waals surface area contributed by atoms with Gasteiger partial charge in [0.15, 0.2) is 0 Å². The van der Waals surface area contributed by atoms with Crippen LogP contribution in [0.25, 0.3) is 0 Å². The quantitative estimate of drug-likeness (QED) is 0.0502. The zero-order valence-electron chi connectivity index (χ0n) is 35.5. The maximum absolute atomic E-state index is 6.36. The second kappa shape index (κ2) is 47.4. The van der Waals surface area contributed by atoms with Crippen LogP contribution in [0.1, 0.15) is 245 Å². The minimum absolute atomic E-state index is 0.187. The Kier molecular flexibility index (Phi) is 46.8. The van der Waals surface area contributed by atoms with Crippen LogP contribution in [-0.4, -0.2) is 39.0 Å². The van der Waals surface area contributed by atoms with Crippen LogP contribution in [0.4, 0.5) is 0 Å². The largest absolute Gasteiger partial charge is 0.379 e. The molecule has 3 heteroatoms. The van der Waals surface area contributed by atoms with Gasteiger partial charge in [-0.25, -0.2) is 0 Å². The molecule has 0 aromatic carbocycles. The lowest BCUT2D eigenvalue weighted by atomic mass is 10.1. The van der Waals surface area contributed by atoms with E-state index in [1.54, 1.807) is 0 Å². The van der Waals surface area contributed by atoms with Gasteiger partial charge in [-0.3, -0.25) is 0 Å². The van der Waals surface area contributed by atoms with E-state index in [1.807, 2.05) is 0 Å². The molecule has 1 unspecified atom stereocenters. The molecule has 0 aromatic heterocycles. The summed E-state index contributed by atoms with van der Waals surface area (Å²) in [5.74, 6) is 0. The Labute approximate surface area is 322 Å². The molecule has 0 amide bonds. The Morgan fingerprint density at radius 3 is 1.12 bits per heavy atom. The Morgan fingerprint density at radius 1 is 0.373 bits per heavy atom. The monoisotopic (exact) mass is 718 g/mol. The van der Waals surface area contributed by atoms with E-state index in [0.717, 1.165) is 32.9 Å². The van der Waals surface area contributed by atoms with Gasteiger partial charge in [-0.15, -0.1) is 0 Å². The molecule has 51 heavy (non-hydrogen) atoms. The third-order valence-corrected chi connectivity index (χ3v) is 10.4. The minimum atomic E-state index is 0.187. The average molecular weight is 718 g/mol. The lowest BCUT2D eigenvalue weighted by molar-refractivity contribution is -0.0175. The van der Waals surface area contributed by atoms with Crippen LogP contribution in [0.15, 0.2) is 24.3 Å². The molecular formula is C48H95NO2. The molecule has 0 saturated heterocycles. The SMILES string of the molecule is CCCCCCCC/C=C\CCCCCCCCOCC(CNCCCCCCCCC)OCCCCCCCC/C=C\CCCCCCCC. The summed E-state index contributed by atoms with van der Waals surface area (Å²) in [4.78, 5) is 0. The van der Waals surface area contributed by atoms with Crippen LogP contribution in [0.2, 0.25) is 0 Å². The van der Waals surface area contributed by atoms with E-state index in [2.05, 4.69) is 50.4 Å². The predicted molar refractivity (Wildman–Crippen MR) is 230 cm³/mol. The highest BCUT2D eigenvalue weighted by atomic mass is 16.5. The van der Waals surface area contributed by atoms with E-state index in [9.17, 15) is 0 Å². The van der Waals surface area contributed by atoms with E-state index >= 15 is 0 Å². The molecule has 0 heterocycles. The fraction of sp³-hybridized carbons (Fsp3) is 0.917. The van der Waals surface area contributed by atoms with Crippen LogP contribution in [0.5, 0.6) is 0 Å². The molecule has 1 N–H and O–H groups in total. The van der Waals surface area contributed by atoms with Crippen molar-refractivity contribution in [2.24, 2.45) is 0 Å². The van der Waals surface area contributed by atoms with Gasteiger partial charge in [-0.05, 0) is 77.2 Å². The first-order valence-corrected chi connectivity index (χ1v) is 23.5. The molecule has 0 aliphatic rings. The Morgan fingerprint density at radius 2 is 0.706 bits per heavy atom. The maximum atomic E-state index is 6.36. The first-order chi connectivity index (χ1) is 25.3. The molecule has 0 radical (unpaired) electrons. The fourth-order valence-electron chi connectivity index (χ4n) is 6.90. The topological polar surface area (TPSA) is 30.5 Å². The van der Waals surface area contributed by atoms with Crippen molar-refractivity contribution in [3.8, 4) is 0 Å². The highest BCUT2D eigenvalue weighted by Crippen LogP contribution is 2.13. The van der Waals surface area contributed by atoms with Crippen LogP contribution in [0, 0.1) is 0 Å². The number of nitrogens with one attached hydrogen (secondary N) is 1.